The number of rotatable bonds is 15. The Labute approximate surface area is 173 Å². The summed E-state index contributed by atoms with van der Waals surface area (Å²) in [6, 6.07) is 5.15. The molecule has 0 aromatic heterocycles. The molecule has 0 saturated carbocycles. The lowest BCUT2D eigenvalue weighted by molar-refractivity contribution is -0.310. The molecular weight excluding hydrogens is 422 g/mol. The number of hydrogen-bond acceptors (Lipinski definition) is 10. The van der Waals surface area contributed by atoms with E-state index in [9.17, 15) is 33.0 Å². The van der Waals surface area contributed by atoms with Gasteiger partial charge in [0.25, 0.3) is 5.91 Å². The Kier molecular flexibility index (Phi) is 10.9. The molecule has 0 aliphatic rings. The Morgan fingerprint density at radius 2 is 1.47 bits per heavy atom. The number of nitrogens with two attached hydrogens (primary N) is 1. The maximum Gasteiger partial charge on any atom is 0.251 e. The van der Waals surface area contributed by atoms with E-state index in [1.54, 1.807) is 0 Å². The summed E-state index contributed by atoms with van der Waals surface area (Å²) in [5.41, 5.74) is 0.267. The molecule has 12 nitrogen and oxygen atoms in total. The van der Waals surface area contributed by atoms with Gasteiger partial charge in [-0.15, -0.1) is 0 Å². The first-order chi connectivity index (χ1) is 14.1. The zero-order valence-corrected chi connectivity index (χ0v) is 16.9. The Morgan fingerprint density at radius 1 is 0.933 bits per heavy atom. The molecule has 0 aliphatic heterocycles. The van der Waals surface area contributed by atoms with E-state index in [1.807, 2.05) is 0 Å². The van der Waals surface area contributed by atoms with Crippen LogP contribution in [0.4, 0.5) is 0 Å². The summed E-state index contributed by atoms with van der Waals surface area (Å²) in [5.74, 6) is -3.21. The predicted octanol–water partition coefficient (Wildman–Crippen LogP) is -4.10. The lowest BCUT2D eigenvalue weighted by Crippen LogP contribution is -2.45. The van der Waals surface area contributed by atoms with Gasteiger partial charge in [0.1, 0.15) is 0 Å². The smallest absolute Gasteiger partial charge is 0.251 e. The summed E-state index contributed by atoms with van der Waals surface area (Å²) in [5, 5.41) is 28.6. The van der Waals surface area contributed by atoms with Crippen LogP contribution in [0.15, 0.2) is 29.2 Å². The molecule has 0 radical (unpaired) electrons. The molecule has 0 heterocycles. The van der Waals surface area contributed by atoms with Gasteiger partial charge in [0, 0.05) is 31.7 Å². The third-order valence-corrected chi connectivity index (χ3v) is 4.54. The highest BCUT2D eigenvalue weighted by Crippen LogP contribution is 2.08. The van der Waals surface area contributed by atoms with E-state index >= 15 is 0 Å². The monoisotopic (exact) mass is 445 g/mol. The number of sulfonamides is 1. The van der Waals surface area contributed by atoms with Crippen molar-refractivity contribution in [1.82, 2.24) is 10.2 Å². The summed E-state index contributed by atoms with van der Waals surface area (Å²) in [6.07, 6.45) is 0. The van der Waals surface area contributed by atoms with Crippen molar-refractivity contribution >= 4 is 27.9 Å². The zero-order chi connectivity index (χ0) is 22.6. The van der Waals surface area contributed by atoms with E-state index < -0.39 is 41.0 Å². The van der Waals surface area contributed by atoms with Gasteiger partial charge in [0.05, 0.1) is 43.3 Å². The van der Waals surface area contributed by atoms with Crippen LogP contribution in [0.25, 0.3) is 0 Å². The summed E-state index contributed by atoms with van der Waals surface area (Å²) in [4.78, 5) is 34.0. The van der Waals surface area contributed by atoms with Crippen molar-refractivity contribution in [2.45, 2.75) is 4.90 Å². The number of carboxylic acids is 2. The third-order valence-electron chi connectivity index (χ3n) is 3.61. The van der Waals surface area contributed by atoms with Gasteiger partial charge in [-0.3, -0.25) is 9.69 Å². The number of amides is 1. The van der Waals surface area contributed by atoms with Gasteiger partial charge < -0.3 is 34.6 Å². The molecule has 13 heteroatoms. The summed E-state index contributed by atoms with van der Waals surface area (Å²) in [7, 11) is -3.82. The topological polar surface area (TPSA) is 191 Å². The SMILES string of the molecule is NS(=O)(=O)c1ccc(C(=O)NCCOCCOCCN(CC(=O)[O-])CC(=O)[O-])cc1. The normalized spacial score (nSPS) is 11.4. The van der Waals surface area contributed by atoms with Gasteiger partial charge in [-0.1, -0.05) is 0 Å². The van der Waals surface area contributed by atoms with E-state index in [-0.39, 0.29) is 50.0 Å². The molecule has 3 N–H and O–H groups in total. The van der Waals surface area contributed by atoms with Crippen LogP contribution in [0.5, 0.6) is 0 Å². The number of hydrogen-bond donors (Lipinski definition) is 2. The number of benzene rings is 1. The van der Waals surface area contributed by atoms with Crippen LogP contribution in [-0.2, 0) is 29.1 Å². The molecule has 0 aliphatic carbocycles. The fourth-order valence-corrected chi connectivity index (χ4v) is 2.75. The van der Waals surface area contributed by atoms with Crippen molar-refractivity contribution in [3.8, 4) is 0 Å². The van der Waals surface area contributed by atoms with Crippen molar-refractivity contribution in [3.63, 3.8) is 0 Å². The molecule has 30 heavy (non-hydrogen) atoms. The molecule has 1 aromatic carbocycles. The van der Waals surface area contributed by atoms with Crippen molar-refractivity contribution < 1.29 is 42.5 Å². The number of primary sulfonamides is 1. The number of carbonyl (C=O) groups is 3. The minimum Gasteiger partial charge on any atom is -0.549 e. The van der Waals surface area contributed by atoms with Crippen molar-refractivity contribution in [1.29, 1.82) is 0 Å². The number of nitrogens with one attached hydrogen (secondary N) is 1. The van der Waals surface area contributed by atoms with Gasteiger partial charge in [-0.05, 0) is 24.3 Å². The van der Waals surface area contributed by atoms with Gasteiger partial charge >= 0.3 is 0 Å². The first-order valence-electron chi connectivity index (χ1n) is 8.78. The van der Waals surface area contributed by atoms with Crippen LogP contribution in [0.3, 0.4) is 0 Å². The Balaban J connectivity index is 2.14. The average Bonchev–Trinajstić information content (AvgIpc) is 2.64. The molecule has 1 amide bonds. The van der Waals surface area contributed by atoms with E-state index in [0.717, 1.165) is 4.90 Å². The lowest BCUT2D eigenvalue weighted by Gasteiger charge is -2.22. The standard InChI is InChI=1S/C17H25N3O9S/c18-30(26,27)14-3-1-13(2-4-14)17(25)19-5-7-28-9-10-29-8-6-20(11-15(21)22)12-16(23)24/h1-4H,5-12H2,(H,19,25)(H,21,22)(H,23,24)(H2,18,26,27)/p-2. The maximum absolute atomic E-state index is 11.9. The molecule has 0 unspecified atom stereocenters. The molecule has 1 rings (SSSR count). The molecule has 0 spiro atoms. The molecule has 1 aromatic rings. The van der Waals surface area contributed by atoms with Crippen molar-refractivity contribution in [3.05, 3.63) is 29.8 Å². The second-order valence-corrected chi connectivity index (χ2v) is 7.57. The predicted molar refractivity (Wildman–Crippen MR) is 98.2 cm³/mol. The van der Waals surface area contributed by atoms with Gasteiger partial charge in [0.2, 0.25) is 10.0 Å². The summed E-state index contributed by atoms with van der Waals surface area (Å²) < 4.78 is 32.8. The average molecular weight is 445 g/mol. The van der Waals surface area contributed by atoms with Crippen LogP contribution < -0.4 is 20.7 Å². The van der Waals surface area contributed by atoms with E-state index in [4.69, 9.17) is 14.6 Å². The second kappa shape index (κ2) is 12.9. The van der Waals surface area contributed by atoms with Crippen LogP contribution in [0, 0.1) is 0 Å². The van der Waals surface area contributed by atoms with Crippen LogP contribution in [0.2, 0.25) is 0 Å². The molecule has 0 bridgehead atoms. The quantitative estimate of drug-likeness (QED) is 0.251. The summed E-state index contributed by atoms with van der Waals surface area (Å²) >= 11 is 0. The highest BCUT2D eigenvalue weighted by atomic mass is 32.2. The number of aliphatic carboxylic acids is 2. The second-order valence-electron chi connectivity index (χ2n) is 6.00. The van der Waals surface area contributed by atoms with Gasteiger partial charge in [-0.2, -0.15) is 0 Å². The van der Waals surface area contributed by atoms with Crippen LogP contribution in [0.1, 0.15) is 10.4 Å². The fraction of sp³-hybridized carbons (Fsp3) is 0.471. The van der Waals surface area contributed by atoms with Crippen molar-refractivity contribution in [2.75, 3.05) is 52.6 Å². The largest absolute Gasteiger partial charge is 0.549 e. The number of nitrogens with zero attached hydrogens (tertiary/aromatic N) is 1. The molecule has 0 fully saturated rings. The summed E-state index contributed by atoms with van der Waals surface area (Å²) in [6.45, 7) is -0.117. The first kappa shape index (κ1) is 25.5. The number of ether oxygens (including phenoxy) is 2. The third kappa shape index (κ3) is 10.8. The van der Waals surface area contributed by atoms with E-state index in [1.165, 1.54) is 24.3 Å². The van der Waals surface area contributed by atoms with E-state index in [0.29, 0.717) is 0 Å². The van der Waals surface area contributed by atoms with Gasteiger partial charge in [0.15, 0.2) is 0 Å². The minimum absolute atomic E-state index is 0.0717. The highest BCUT2D eigenvalue weighted by molar-refractivity contribution is 7.89. The number of carbonyl (C=O) groups excluding carboxylic acids is 3. The Bertz CT molecular complexity index is 796. The molecule has 0 atom stereocenters. The minimum atomic E-state index is -3.82. The zero-order valence-electron chi connectivity index (χ0n) is 16.1. The fourth-order valence-electron chi connectivity index (χ4n) is 2.23. The molecule has 0 saturated heterocycles. The van der Waals surface area contributed by atoms with Crippen LogP contribution in [-0.4, -0.2) is 83.8 Å². The highest BCUT2D eigenvalue weighted by Gasteiger charge is 2.10. The number of carboxylic acid groups (broad SMARTS) is 2. The van der Waals surface area contributed by atoms with E-state index in [2.05, 4.69) is 5.32 Å². The lowest BCUT2D eigenvalue weighted by atomic mass is 10.2. The maximum atomic E-state index is 11.9. The van der Waals surface area contributed by atoms with Crippen LogP contribution >= 0.6 is 0 Å². The molecular formula is C17H23N3O9S-2. The van der Waals surface area contributed by atoms with Gasteiger partial charge in [-0.25, -0.2) is 13.6 Å². The first-order valence-corrected chi connectivity index (χ1v) is 10.3. The van der Waals surface area contributed by atoms with Crippen molar-refractivity contribution in [2.24, 2.45) is 5.14 Å². The Hall–Kier alpha value is -2.58. The molecule has 168 valence electrons. The Morgan fingerprint density at radius 3 is 1.97 bits per heavy atom.